The molecule has 1 aliphatic heterocycles. The first-order valence-corrected chi connectivity index (χ1v) is 7.17. The minimum atomic E-state index is 0.225. The zero-order chi connectivity index (χ0) is 12.3. The Labute approximate surface area is 105 Å². The standard InChI is InChI=1S/C14H26N2O/c1-11-6-3-4-8-13(11)16(2)14(17)12-7-5-9-15-10-12/h11-13,15H,3-10H2,1-2H3/t11?,12-,13?/m1/s1. The second-order valence-corrected chi connectivity index (χ2v) is 5.82. The largest absolute Gasteiger partial charge is 0.342 e. The molecule has 98 valence electrons. The Balaban J connectivity index is 1.92. The van der Waals surface area contributed by atoms with Crippen molar-refractivity contribution < 1.29 is 4.79 Å². The van der Waals surface area contributed by atoms with E-state index in [1.54, 1.807) is 0 Å². The molecule has 1 saturated carbocycles. The molecule has 0 aromatic heterocycles. The first kappa shape index (κ1) is 12.9. The molecule has 17 heavy (non-hydrogen) atoms. The monoisotopic (exact) mass is 238 g/mol. The maximum atomic E-state index is 12.4. The van der Waals surface area contributed by atoms with Gasteiger partial charge in [-0.1, -0.05) is 19.8 Å². The summed E-state index contributed by atoms with van der Waals surface area (Å²) in [6.07, 6.45) is 7.32. The van der Waals surface area contributed by atoms with Crippen molar-refractivity contribution in [3.05, 3.63) is 0 Å². The summed E-state index contributed by atoms with van der Waals surface area (Å²) in [7, 11) is 2.02. The van der Waals surface area contributed by atoms with Gasteiger partial charge in [0.1, 0.15) is 0 Å². The van der Waals surface area contributed by atoms with Gasteiger partial charge in [0.05, 0.1) is 5.92 Å². The van der Waals surface area contributed by atoms with Gasteiger partial charge >= 0.3 is 0 Å². The van der Waals surface area contributed by atoms with Crippen molar-refractivity contribution in [2.75, 3.05) is 20.1 Å². The van der Waals surface area contributed by atoms with Gasteiger partial charge in [0.2, 0.25) is 5.91 Å². The second kappa shape index (κ2) is 5.85. The molecule has 0 aromatic rings. The molecule has 0 bridgehead atoms. The van der Waals surface area contributed by atoms with E-state index in [0.717, 1.165) is 25.9 Å². The van der Waals surface area contributed by atoms with Crippen LogP contribution >= 0.6 is 0 Å². The van der Waals surface area contributed by atoms with Crippen molar-refractivity contribution >= 4 is 5.91 Å². The Hall–Kier alpha value is -0.570. The van der Waals surface area contributed by atoms with E-state index in [0.29, 0.717) is 17.9 Å². The summed E-state index contributed by atoms with van der Waals surface area (Å²) in [5.41, 5.74) is 0. The minimum Gasteiger partial charge on any atom is -0.342 e. The molecule has 3 atom stereocenters. The Bertz CT molecular complexity index is 261. The molecule has 1 heterocycles. The maximum absolute atomic E-state index is 12.4. The molecule has 2 fully saturated rings. The fourth-order valence-electron chi connectivity index (χ4n) is 3.39. The fraction of sp³-hybridized carbons (Fsp3) is 0.929. The van der Waals surface area contributed by atoms with Gasteiger partial charge in [-0.15, -0.1) is 0 Å². The lowest BCUT2D eigenvalue weighted by molar-refractivity contribution is -0.138. The third-order valence-corrected chi connectivity index (χ3v) is 4.56. The number of rotatable bonds is 2. The Morgan fingerprint density at radius 2 is 1.94 bits per heavy atom. The molecule has 1 aliphatic carbocycles. The summed E-state index contributed by atoms with van der Waals surface area (Å²) >= 11 is 0. The Kier molecular flexibility index (Phi) is 4.43. The molecule has 2 rings (SSSR count). The molecule has 0 spiro atoms. The van der Waals surface area contributed by atoms with E-state index in [9.17, 15) is 4.79 Å². The highest BCUT2D eigenvalue weighted by atomic mass is 16.2. The van der Waals surface area contributed by atoms with Gasteiger partial charge in [-0.25, -0.2) is 0 Å². The zero-order valence-electron chi connectivity index (χ0n) is 11.2. The lowest BCUT2D eigenvalue weighted by Gasteiger charge is -2.38. The number of carbonyl (C=O) groups is 1. The quantitative estimate of drug-likeness (QED) is 0.798. The summed E-state index contributed by atoms with van der Waals surface area (Å²) in [5, 5.41) is 3.34. The lowest BCUT2D eigenvalue weighted by Crippen LogP contribution is -2.48. The van der Waals surface area contributed by atoms with Crippen LogP contribution in [0, 0.1) is 11.8 Å². The molecule has 0 aromatic carbocycles. The SMILES string of the molecule is CC1CCCCC1N(C)C(=O)[C@@H]1CCCNC1. The molecule has 1 amide bonds. The number of nitrogens with zero attached hydrogens (tertiary/aromatic N) is 1. The van der Waals surface area contributed by atoms with E-state index >= 15 is 0 Å². The summed E-state index contributed by atoms with van der Waals surface area (Å²) in [4.78, 5) is 14.5. The van der Waals surface area contributed by atoms with Crippen LogP contribution in [0.2, 0.25) is 0 Å². The molecule has 2 unspecified atom stereocenters. The molecule has 0 radical (unpaired) electrons. The smallest absolute Gasteiger partial charge is 0.226 e. The van der Waals surface area contributed by atoms with Gasteiger partial charge in [0.15, 0.2) is 0 Å². The first-order chi connectivity index (χ1) is 8.20. The number of hydrogen-bond acceptors (Lipinski definition) is 2. The average molecular weight is 238 g/mol. The predicted molar refractivity (Wildman–Crippen MR) is 69.8 cm³/mol. The Morgan fingerprint density at radius 1 is 1.18 bits per heavy atom. The lowest BCUT2D eigenvalue weighted by atomic mass is 9.84. The average Bonchev–Trinajstić information content (AvgIpc) is 2.39. The van der Waals surface area contributed by atoms with Crippen LogP contribution in [0.3, 0.4) is 0 Å². The first-order valence-electron chi connectivity index (χ1n) is 7.17. The normalized spacial score (nSPS) is 34.4. The molecule has 1 N–H and O–H groups in total. The third kappa shape index (κ3) is 3.01. The van der Waals surface area contributed by atoms with Crippen LogP contribution in [0.5, 0.6) is 0 Å². The number of hydrogen-bond donors (Lipinski definition) is 1. The van der Waals surface area contributed by atoms with Crippen LogP contribution in [-0.2, 0) is 4.79 Å². The highest BCUT2D eigenvalue weighted by Crippen LogP contribution is 2.28. The topological polar surface area (TPSA) is 32.3 Å². The molecule has 1 saturated heterocycles. The second-order valence-electron chi connectivity index (χ2n) is 5.82. The fourth-order valence-corrected chi connectivity index (χ4v) is 3.39. The predicted octanol–water partition coefficient (Wildman–Crippen LogP) is 2.02. The number of piperidine rings is 1. The van der Waals surface area contributed by atoms with Crippen molar-refractivity contribution in [3.63, 3.8) is 0 Å². The van der Waals surface area contributed by atoms with Crippen molar-refractivity contribution in [2.24, 2.45) is 11.8 Å². The summed E-state index contributed by atoms with van der Waals surface area (Å²) in [6, 6.07) is 0.484. The number of carbonyl (C=O) groups excluding carboxylic acids is 1. The zero-order valence-corrected chi connectivity index (χ0v) is 11.2. The van der Waals surface area contributed by atoms with Gasteiger partial charge in [0, 0.05) is 19.6 Å². The highest BCUT2D eigenvalue weighted by molar-refractivity contribution is 5.79. The highest BCUT2D eigenvalue weighted by Gasteiger charge is 2.31. The third-order valence-electron chi connectivity index (χ3n) is 4.56. The van der Waals surface area contributed by atoms with Gasteiger partial charge in [-0.3, -0.25) is 4.79 Å². The summed E-state index contributed by atoms with van der Waals surface area (Å²) in [6.45, 7) is 4.25. The van der Waals surface area contributed by atoms with E-state index in [-0.39, 0.29) is 5.92 Å². The van der Waals surface area contributed by atoms with Crippen molar-refractivity contribution in [1.29, 1.82) is 0 Å². The van der Waals surface area contributed by atoms with E-state index in [4.69, 9.17) is 0 Å². The van der Waals surface area contributed by atoms with E-state index in [1.807, 2.05) is 7.05 Å². The van der Waals surface area contributed by atoms with E-state index in [1.165, 1.54) is 25.7 Å². The molecule has 3 heteroatoms. The number of nitrogens with one attached hydrogen (secondary N) is 1. The molecule has 2 aliphatic rings. The van der Waals surface area contributed by atoms with Gasteiger partial charge < -0.3 is 10.2 Å². The van der Waals surface area contributed by atoms with Crippen LogP contribution in [0.4, 0.5) is 0 Å². The van der Waals surface area contributed by atoms with Crippen LogP contribution in [0.25, 0.3) is 0 Å². The molecular formula is C14H26N2O. The molecule has 3 nitrogen and oxygen atoms in total. The van der Waals surface area contributed by atoms with Crippen LogP contribution in [0.15, 0.2) is 0 Å². The van der Waals surface area contributed by atoms with Crippen molar-refractivity contribution in [3.8, 4) is 0 Å². The minimum absolute atomic E-state index is 0.225. The van der Waals surface area contributed by atoms with E-state index < -0.39 is 0 Å². The summed E-state index contributed by atoms with van der Waals surface area (Å²) < 4.78 is 0. The summed E-state index contributed by atoms with van der Waals surface area (Å²) in [5.74, 6) is 1.27. The van der Waals surface area contributed by atoms with Gasteiger partial charge in [-0.2, -0.15) is 0 Å². The molecular weight excluding hydrogens is 212 g/mol. The van der Waals surface area contributed by atoms with Gasteiger partial charge in [0.25, 0.3) is 0 Å². The van der Waals surface area contributed by atoms with Crippen LogP contribution < -0.4 is 5.32 Å². The van der Waals surface area contributed by atoms with Crippen molar-refractivity contribution in [2.45, 2.75) is 51.5 Å². The van der Waals surface area contributed by atoms with Crippen molar-refractivity contribution in [1.82, 2.24) is 10.2 Å². The maximum Gasteiger partial charge on any atom is 0.226 e. The van der Waals surface area contributed by atoms with E-state index in [2.05, 4.69) is 17.1 Å². The van der Waals surface area contributed by atoms with Gasteiger partial charge in [-0.05, 0) is 38.1 Å². The number of amides is 1. The Morgan fingerprint density at radius 3 is 2.59 bits per heavy atom. The van der Waals surface area contributed by atoms with Crippen LogP contribution in [0.1, 0.15) is 45.4 Å². The van der Waals surface area contributed by atoms with Crippen LogP contribution in [-0.4, -0.2) is 37.0 Å².